The van der Waals surface area contributed by atoms with Crippen LogP contribution < -0.4 is 4.89 Å². The van der Waals surface area contributed by atoms with Crippen LogP contribution in [0.2, 0.25) is 0 Å². The van der Waals surface area contributed by atoms with E-state index in [9.17, 15) is 9.00 Å². The Morgan fingerprint density at radius 3 is 2.75 bits per heavy atom. The normalized spacial score (nSPS) is 20.2. The molecule has 0 unspecified atom stereocenters. The SMILES string of the molecule is C=C1c2ccccc2CO[C@@H]1[C@H](CC)C(=O)ON[S@](=O)C(C)(C)C. The maximum absolute atomic E-state index is 12.4. The van der Waals surface area contributed by atoms with Gasteiger partial charge >= 0.3 is 5.97 Å². The summed E-state index contributed by atoms with van der Waals surface area (Å²) in [5.74, 6) is -0.990. The van der Waals surface area contributed by atoms with Gasteiger partial charge in [-0.3, -0.25) is 0 Å². The van der Waals surface area contributed by atoms with Crippen molar-refractivity contribution in [3.8, 4) is 0 Å². The van der Waals surface area contributed by atoms with E-state index in [4.69, 9.17) is 9.57 Å². The number of rotatable bonds is 5. The third-order valence-electron chi connectivity index (χ3n) is 4.01. The molecule has 0 saturated carbocycles. The third-order valence-corrected chi connectivity index (χ3v) is 5.35. The molecular weight excluding hydrogens is 326 g/mol. The van der Waals surface area contributed by atoms with Gasteiger partial charge in [0.2, 0.25) is 0 Å². The van der Waals surface area contributed by atoms with Gasteiger partial charge < -0.3 is 9.57 Å². The maximum Gasteiger partial charge on any atom is 0.332 e. The monoisotopic (exact) mass is 351 g/mol. The van der Waals surface area contributed by atoms with Crippen molar-refractivity contribution < 1.29 is 18.6 Å². The lowest BCUT2D eigenvalue weighted by molar-refractivity contribution is -0.156. The van der Waals surface area contributed by atoms with E-state index < -0.39 is 33.7 Å². The molecule has 1 aromatic carbocycles. The molecule has 0 spiro atoms. The van der Waals surface area contributed by atoms with Crippen LogP contribution in [0.5, 0.6) is 0 Å². The average Bonchev–Trinajstić information content (AvgIpc) is 2.54. The molecule has 1 aliphatic heterocycles. The summed E-state index contributed by atoms with van der Waals surface area (Å²) in [6.07, 6.45) is 0.0939. The highest BCUT2D eigenvalue weighted by Crippen LogP contribution is 2.34. The van der Waals surface area contributed by atoms with Gasteiger partial charge in [-0.2, -0.15) is 0 Å². The van der Waals surface area contributed by atoms with Gasteiger partial charge in [0.15, 0.2) is 0 Å². The lowest BCUT2D eigenvalue weighted by Gasteiger charge is -2.32. The van der Waals surface area contributed by atoms with Crippen LogP contribution in [0.4, 0.5) is 0 Å². The van der Waals surface area contributed by atoms with Gasteiger partial charge in [-0.1, -0.05) is 42.7 Å². The Bertz CT molecular complexity index is 651. The van der Waals surface area contributed by atoms with E-state index in [2.05, 4.69) is 11.5 Å². The summed E-state index contributed by atoms with van der Waals surface area (Å²) in [7, 11) is -1.48. The van der Waals surface area contributed by atoms with Gasteiger partial charge in [0.25, 0.3) is 0 Å². The van der Waals surface area contributed by atoms with Crippen LogP contribution in [-0.4, -0.2) is 21.0 Å². The molecule has 1 heterocycles. The lowest BCUT2D eigenvalue weighted by atomic mass is 9.86. The molecule has 0 bridgehead atoms. The van der Waals surface area contributed by atoms with Gasteiger partial charge in [0.05, 0.1) is 23.4 Å². The van der Waals surface area contributed by atoms with E-state index in [-0.39, 0.29) is 0 Å². The van der Waals surface area contributed by atoms with E-state index >= 15 is 0 Å². The van der Waals surface area contributed by atoms with Crippen LogP contribution in [0.3, 0.4) is 0 Å². The molecule has 132 valence electrons. The molecule has 1 aliphatic rings. The van der Waals surface area contributed by atoms with Crippen LogP contribution in [0, 0.1) is 5.92 Å². The molecule has 6 heteroatoms. The second-order valence-corrected chi connectivity index (χ2v) is 8.74. The van der Waals surface area contributed by atoms with E-state index in [0.29, 0.717) is 13.0 Å². The Morgan fingerprint density at radius 2 is 2.12 bits per heavy atom. The molecule has 0 amide bonds. The molecule has 24 heavy (non-hydrogen) atoms. The average molecular weight is 351 g/mol. The quantitative estimate of drug-likeness (QED) is 0.828. The Hall–Kier alpha value is -1.50. The fourth-order valence-corrected chi connectivity index (χ4v) is 2.94. The van der Waals surface area contributed by atoms with E-state index in [0.717, 1.165) is 16.7 Å². The number of fused-ring (bicyclic) bond motifs is 1. The van der Waals surface area contributed by atoms with Gasteiger partial charge in [0, 0.05) is 0 Å². The highest BCUT2D eigenvalue weighted by molar-refractivity contribution is 7.84. The molecule has 0 fully saturated rings. The predicted molar refractivity (Wildman–Crippen MR) is 95.0 cm³/mol. The molecule has 5 nitrogen and oxygen atoms in total. The first-order valence-corrected chi connectivity index (χ1v) is 9.17. The van der Waals surface area contributed by atoms with Crippen molar-refractivity contribution in [2.75, 3.05) is 0 Å². The Kier molecular flexibility index (Phi) is 5.96. The molecule has 3 atom stereocenters. The smallest absolute Gasteiger partial charge is 0.332 e. The number of hydrogen-bond acceptors (Lipinski definition) is 4. The molecule has 0 radical (unpaired) electrons. The van der Waals surface area contributed by atoms with Crippen LogP contribution in [-0.2, 0) is 32.0 Å². The van der Waals surface area contributed by atoms with Crippen LogP contribution >= 0.6 is 0 Å². The molecule has 1 aromatic rings. The summed E-state index contributed by atoms with van der Waals surface area (Å²) >= 11 is 0. The Balaban J connectivity index is 2.07. The maximum atomic E-state index is 12.4. The summed E-state index contributed by atoms with van der Waals surface area (Å²) in [6, 6.07) is 7.87. The predicted octanol–water partition coefficient (Wildman–Crippen LogP) is 3.13. The van der Waals surface area contributed by atoms with Crippen LogP contribution in [0.15, 0.2) is 30.8 Å². The number of nitrogens with one attached hydrogen (secondary N) is 1. The van der Waals surface area contributed by atoms with Crippen molar-refractivity contribution in [3.63, 3.8) is 0 Å². The zero-order valence-electron chi connectivity index (χ0n) is 14.6. The summed E-state index contributed by atoms with van der Waals surface area (Å²) in [6.45, 7) is 11.8. The minimum Gasteiger partial charge on any atom is -0.368 e. The second kappa shape index (κ2) is 7.59. The van der Waals surface area contributed by atoms with Crippen molar-refractivity contribution in [1.82, 2.24) is 4.89 Å². The minimum atomic E-state index is -1.48. The summed E-state index contributed by atoms with van der Waals surface area (Å²) in [4.78, 5) is 19.8. The number of ether oxygens (including phenoxy) is 1. The van der Waals surface area contributed by atoms with E-state index in [1.165, 1.54) is 0 Å². The van der Waals surface area contributed by atoms with Gasteiger partial charge in [-0.15, -0.1) is 0 Å². The highest BCUT2D eigenvalue weighted by Gasteiger charge is 2.35. The van der Waals surface area contributed by atoms with Gasteiger partial charge in [0.1, 0.15) is 11.0 Å². The number of hydrogen-bond donors (Lipinski definition) is 1. The molecule has 0 aliphatic carbocycles. The molecule has 0 saturated heterocycles. The van der Waals surface area contributed by atoms with Crippen LogP contribution in [0.25, 0.3) is 5.57 Å². The van der Waals surface area contributed by atoms with E-state index in [1.807, 2.05) is 31.2 Å². The van der Waals surface area contributed by atoms with Gasteiger partial charge in [-0.25, -0.2) is 9.00 Å². The van der Waals surface area contributed by atoms with Gasteiger partial charge in [-0.05, 0) is 43.9 Å². The van der Waals surface area contributed by atoms with Crippen molar-refractivity contribution in [2.45, 2.75) is 51.6 Å². The van der Waals surface area contributed by atoms with Crippen molar-refractivity contribution in [2.24, 2.45) is 5.92 Å². The zero-order valence-corrected chi connectivity index (χ0v) is 15.4. The van der Waals surface area contributed by atoms with Crippen molar-refractivity contribution >= 4 is 22.5 Å². The summed E-state index contributed by atoms with van der Waals surface area (Å²) in [5.41, 5.74) is 2.86. The van der Waals surface area contributed by atoms with Crippen LogP contribution in [0.1, 0.15) is 45.2 Å². The molecule has 2 rings (SSSR count). The van der Waals surface area contributed by atoms with E-state index in [1.54, 1.807) is 20.8 Å². The fraction of sp³-hybridized carbons (Fsp3) is 0.500. The largest absolute Gasteiger partial charge is 0.368 e. The lowest BCUT2D eigenvalue weighted by Crippen LogP contribution is -2.40. The summed E-state index contributed by atoms with van der Waals surface area (Å²) < 4.78 is 17.3. The number of carbonyl (C=O) groups is 1. The van der Waals surface area contributed by atoms with Crippen molar-refractivity contribution in [1.29, 1.82) is 0 Å². The first-order valence-electron chi connectivity index (χ1n) is 8.02. The molecule has 1 N–H and O–H groups in total. The van der Waals surface area contributed by atoms with Crippen molar-refractivity contribution in [3.05, 3.63) is 42.0 Å². The molecule has 0 aromatic heterocycles. The Morgan fingerprint density at radius 1 is 1.46 bits per heavy atom. The highest BCUT2D eigenvalue weighted by atomic mass is 32.2. The first-order chi connectivity index (χ1) is 11.3. The summed E-state index contributed by atoms with van der Waals surface area (Å²) in [5, 5.41) is 0. The number of carbonyl (C=O) groups excluding carboxylic acids is 1. The topological polar surface area (TPSA) is 64.6 Å². The Labute approximate surface area is 146 Å². The number of benzene rings is 1. The first kappa shape index (κ1) is 18.8. The zero-order chi connectivity index (χ0) is 17.9. The minimum absolute atomic E-state index is 0.436. The third kappa shape index (κ3) is 4.12. The standard InChI is InChI=1S/C18H25NO4S/c1-6-14(17(20)23-19-24(21)18(3,4)5)16-12(2)15-10-8-7-9-13(15)11-22-16/h7-10,14,16,19H,2,6,11H2,1,3-5H3/t14-,16-,24+/m0/s1. The molecular formula is C18H25NO4S. The fourth-order valence-electron chi connectivity index (χ4n) is 2.54. The second-order valence-electron chi connectivity index (χ2n) is 6.81.